The topological polar surface area (TPSA) is 37.2 Å². The summed E-state index contributed by atoms with van der Waals surface area (Å²) in [5.41, 5.74) is 2.00. The van der Waals surface area contributed by atoms with Crippen LogP contribution in [0.2, 0.25) is 0 Å². The van der Waals surface area contributed by atoms with E-state index >= 15 is 0 Å². The molecule has 2 aromatic rings. The molecule has 0 amide bonds. The van der Waals surface area contributed by atoms with E-state index in [9.17, 15) is 0 Å². The molecule has 132 valence electrons. The first-order valence-electron chi connectivity index (χ1n) is 9.08. The van der Waals surface area contributed by atoms with Gasteiger partial charge < -0.3 is 9.47 Å². The van der Waals surface area contributed by atoms with Crippen molar-refractivity contribution in [3.63, 3.8) is 0 Å². The highest BCUT2D eigenvalue weighted by Gasteiger charge is 2.27. The zero-order chi connectivity index (χ0) is 17.1. The largest absolute Gasteiger partial charge is 0.312 e. The molecule has 2 aromatic heterocycles. The number of pyridine rings is 1. The maximum atomic E-state index is 5.00. The minimum Gasteiger partial charge on any atom is -0.312 e. The number of halogens is 1. The van der Waals surface area contributed by atoms with E-state index in [2.05, 4.69) is 62.2 Å². The van der Waals surface area contributed by atoms with Crippen molar-refractivity contribution < 1.29 is 0 Å². The lowest BCUT2D eigenvalue weighted by molar-refractivity contribution is 0.182. The van der Waals surface area contributed by atoms with E-state index in [1.54, 1.807) is 0 Å². The first-order valence-corrected chi connectivity index (χ1v) is 9.87. The maximum absolute atomic E-state index is 5.00. The molecule has 3 heterocycles. The Hall–Kier alpha value is -0.980. The zero-order valence-corrected chi connectivity index (χ0v) is 16.6. The molecule has 1 unspecified atom stereocenters. The zero-order valence-electron chi connectivity index (χ0n) is 15.0. The number of nitrogens with zero attached hydrogens (tertiary/aromatic N) is 5. The van der Waals surface area contributed by atoms with Crippen molar-refractivity contribution in [1.29, 1.82) is 0 Å². The van der Waals surface area contributed by atoms with Gasteiger partial charge in [-0.25, -0.2) is 9.97 Å². The van der Waals surface area contributed by atoms with Crippen LogP contribution in [0.15, 0.2) is 16.7 Å². The van der Waals surface area contributed by atoms with Gasteiger partial charge >= 0.3 is 0 Å². The molecule has 0 radical (unpaired) electrons. The van der Waals surface area contributed by atoms with E-state index < -0.39 is 0 Å². The van der Waals surface area contributed by atoms with Gasteiger partial charge in [-0.1, -0.05) is 13.3 Å². The van der Waals surface area contributed by atoms with Crippen molar-refractivity contribution in [3.8, 4) is 0 Å². The average Bonchev–Trinajstić information content (AvgIpc) is 2.78. The molecule has 0 saturated carbocycles. The van der Waals surface area contributed by atoms with Gasteiger partial charge in [0.1, 0.15) is 11.3 Å². The van der Waals surface area contributed by atoms with Crippen molar-refractivity contribution in [1.82, 2.24) is 24.3 Å². The molecule has 1 aliphatic heterocycles. The monoisotopic (exact) mass is 393 g/mol. The molecule has 1 atom stereocenters. The normalized spacial score (nSPS) is 18.8. The Morgan fingerprint density at radius 3 is 2.79 bits per heavy atom. The molecule has 1 fully saturated rings. The van der Waals surface area contributed by atoms with Gasteiger partial charge in [-0.3, -0.25) is 4.90 Å². The predicted molar refractivity (Wildman–Crippen MR) is 102 cm³/mol. The number of hydrogen-bond acceptors (Lipinski definition) is 4. The quantitative estimate of drug-likeness (QED) is 0.775. The van der Waals surface area contributed by atoms with Gasteiger partial charge in [0.25, 0.3) is 0 Å². The van der Waals surface area contributed by atoms with Crippen molar-refractivity contribution in [2.24, 2.45) is 0 Å². The first kappa shape index (κ1) is 17.8. The van der Waals surface area contributed by atoms with Crippen LogP contribution in [-0.2, 0) is 6.54 Å². The Bertz CT molecular complexity index is 683. The third kappa shape index (κ3) is 3.65. The summed E-state index contributed by atoms with van der Waals surface area (Å²) < 4.78 is 3.29. The summed E-state index contributed by atoms with van der Waals surface area (Å²) in [4.78, 5) is 14.7. The molecule has 1 aliphatic rings. The van der Waals surface area contributed by atoms with Gasteiger partial charge in [-0.2, -0.15) is 0 Å². The summed E-state index contributed by atoms with van der Waals surface area (Å²) in [6, 6.07) is 2.46. The molecule has 5 nitrogen and oxygen atoms in total. The Morgan fingerprint density at radius 1 is 1.21 bits per heavy atom. The van der Waals surface area contributed by atoms with E-state index in [1.165, 1.54) is 25.2 Å². The lowest BCUT2D eigenvalue weighted by Gasteiger charge is -2.30. The summed E-state index contributed by atoms with van der Waals surface area (Å²) in [7, 11) is 2.22. The summed E-state index contributed by atoms with van der Waals surface area (Å²) in [5, 5.41) is 0. The Balaban J connectivity index is 1.99. The van der Waals surface area contributed by atoms with E-state index in [0.717, 1.165) is 48.2 Å². The number of imidazole rings is 1. The highest BCUT2D eigenvalue weighted by molar-refractivity contribution is 9.10. The van der Waals surface area contributed by atoms with Crippen LogP contribution in [0, 0.1) is 0 Å². The minimum absolute atomic E-state index is 0.384. The molecule has 0 N–H and O–H groups in total. The smallest absolute Gasteiger partial charge is 0.160 e. The standard InChI is InChI=1S/C18H28BrN5/c1-4-7-16(23-9-6-8-22(3)10-11-23)18-21-15-12-14(19)13-20-17(15)24(18)5-2/h12-13,16H,4-11H2,1-3H3. The fourth-order valence-electron chi connectivity index (χ4n) is 3.70. The highest BCUT2D eigenvalue weighted by atomic mass is 79.9. The van der Waals surface area contributed by atoms with Crippen LogP contribution in [0.1, 0.15) is 45.0 Å². The Labute approximate surface area is 153 Å². The second-order valence-corrected chi connectivity index (χ2v) is 7.62. The third-order valence-electron chi connectivity index (χ3n) is 4.95. The molecule has 6 heteroatoms. The Morgan fingerprint density at radius 2 is 2.04 bits per heavy atom. The minimum atomic E-state index is 0.384. The van der Waals surface area contributed by atoms with Gasteiger partial charge in [0.15, 0.2) is 5.65 Å². The van der Waals surface area contributed by atoms with Crippen molar-refractivity contribution in [2.75, 3.05) is 33.2 Å². The number of hydrogen-bond donors (Lipinski definition) is 0. The van der Waals surface area contributed by atoms with Crippen LogP contribution in [0.5, 0.6) is 0 Å². The van der Waals surface area contributed by atoms with E-state index in [-0.39, 0.29) is 0 Å². The molecule has 0 bridgehead atoms. The van der Waals surface area contributed by atoms with Crippen LogP contribution < -0.4 is 0 Å². The first-order chi connectivity index (χ1) is 11.6. The van der Waals surface area contributed by atoms with Crippen molar-refractivity contribution >= 4 is 27.1 Å². The maximum Gasteiger partial charge on any atom is 0.160 e. The highest BCUT2D eigenvalue weighted by Crippen LogP contribution is 2.29. The van der Waals surface area contributed by atoms with Gasteiger partial charge in [-0.05, 0) is 55.4 Å². The van der Waals surface area contributed by atoms with Gasteiger partial charge in [0.2, 0.25) is 0 Å². The van der Waals surface area contributed by atoms with Gasteiger partial charge in [0, 0.05) is 36.8 Å². The van der Waals surface area contributed by atoms with Crippen molar-refractivity contribution in [3.05, 3.63) is 22.6 Å². The molecule has 1 saturated heterocycles. The number of fused-ring (bicyclic) bond motifs is 1. The SMILES string of the molecule is CCCC(c1nc2cc(Br)cnc2n1CC)N1CCCN(C)CC1. The predicted octanol–water partition coefficient (Wildman–Crippen LogP) is 3.69. The summed E-state index contributed by atoms with van der Waals surface area (Å²) in [5.74, 6) is 1.18. The summed E-state index contributed by atoms with van der Waals surface area (Å²) in [6.45, 7) is 9.96. The van der Waals surface area contributed by atoms with Gasteiger partial charge in [-0.15, -0.1) is 0 Å². The van der Waals surface area contributed by atoms with Gasteiger partial charge in [0.05, 0.1) is 6.04 Å². The van der Waals surface area contributed by atoms with E-state index in [0.29, 0.717) is 6.04 Å². The van der Waals surface area contributed by atoms with Crippen LogP contribution in [-0.4, -0.2) is 57.6 Å². The lowest BCUT2D eigenvalue weighted by Crippen LogP contribution is -2.34. The lowest BCUT2D eigenvalue weighted by atomic mass is 10.1. The Kier molecular flexibility index (Phi) is 5.89. The molecule has 24 heavy (non-hydrogen) atoms. The molecule has 0 aromatic carbocycles. The fourth-order valence-corrected chi connectivity index (χ4v) is 4.02. The number of rotatable bonds is 5. The number of aromatic nitrogens is 3. The molecule has 0 aliphatic carbocycles. The van der Waals surface area contributed by atoms with Crippen molar-refractivity contribution in [2.45, 2.75) is 45.7 Å². The van der Waals surface area contributed by atoms with E-state index in [4.69, 9.17) is 4.98 Å². The van der Waals surface area contributed by atoms with Crippen LogP contribution in [0.4, 0.5) is 0 Å². The second-order valence-electron chi connectivity index (χ2n) is 6.71. The van der Waals surface area contributed by atoms with Crippen LogP contribution >= 0.6 is 15.9 Å². The second kappa shape index (κ2) is 7.93. The molecule has 0 spiro atoms. The number of likely N-dealkylation sites (N-methyl/N-ethyl adjacent to an activating group) is 1. The summed E-state index contributed by atoms with van der Waals surface area (Å²) >= 11 is 3.52. The summed E-state index contributed by atoms with van der Waals surface area (Å²) in [6.07, 6.45) is 5.41. The van der Waals surface area contributed by atoms with Crippen LogP contribution in [0.25, 0.3) is 11.2 Å². The molecular weight excluding hydrogens is 366 g/mol. The average molecular weight is 394 g/mol. The third-order valence-corrected chi connectivity index (χ3v) is 5.39. The van der Waals surface area contributed by atoms with Crippen LogP contribution in [0.3, 0.4) is 0 Å². The molecule has 3 rings (SSSR count). The number of aryl methyl sites for hydroxylation is 1. The molecular formula is C18H28BrN5. The fraction of sp³-hybridized carbons (Fsp3) is 0.667. The van der Waals surface area contributed by atoms with E-state index in [1.807, 2.05) is 6.20 Å².